The van der Waals surface area contributed by atoms with Crippen LogP contribution in [-0.4, -0.2) is 20.4 Å². The molecule has 1 aromatic heterocycles. The normalized spacial score (nSPS) is 9.67. The molecule has 0 unspecified atom stereocenters. The summed E-state index contributed by atoms with van der Waals surface area (Å²) in [5.74, 6) is 0.699. The third kappa shape index (κ3) is 1.39. The van der Waals surface area contributed by atoms with Crippen LogP contribution in [0.25, 0.3) is 0 Å². The van der Waals surface area contributed by atoms with Gasteiger partial charge >= 0.3 is 0 Å². The first kappa shape index (κ1) is 6.78. The highest BCUT2D eigenvalue weighted by Gasteiger charge is 1.93. The summed E-state index contributed by atoms with van der Waals surface area (Å²) in [6, 6.07) is 9.30. The van der Waals surface area contributed by atoms with Gasteiger partial charge in [0, 0.05) is 0 Å². The van der Waals surface area contributed by atoms with E-state index in [1.54, 1.807) is 0 Å². The van der Waals surface area contributed by atoms with Crippen molar-refractivity contribution in [1.29, 1.82) is 0 Å². The molecule has 5 nitrogen and oxygen atoms in total. The zero-order valence-electron chi connectivity index (χ0n) is 6.16. The van der Waals surface area contributed by atoms with Crippen LogP contribution in [0.2, 0.25) is 0 Å². The summed E-state index contributed by atoms with van der Waals surface area (Å²) in [7, 11) is 0. The van der Waals surface area contributed by atoms with Crippen molar-refractivity contribution in [2.45, 2.75) is 0 Å². The van der Waals surface area contributed by atoms with Gasteiger partial charge in [0.25, 0.3) is 0 Å². The second-order valence-electron chi connectivity index (χ2n) is 2.12. The lowest BCUT2D eigenvalue weighted by molar-refractivity contribution is 0.172. The quantitative estimate of drug-likeness (QED) is 0.645. The molecule has 0 saturated heterocycles. The van der Waals surface area contributed by atoms with E-state index < -0.39 is 0 Å². The number of aromatic nitrogens is 4. The number of hydrogen-bond acceptors (Lipinski definition) is 4. The Balaban J connectivity index is 2.15. The smallest absolute Gasteiger partial charge is 0.180 e. The molecule has 60 valence electrons. The van der Waals surface area contributed by atoms with Crippen molar-refractivity contribution in [3.63, 3.8) is 0 Å². The molecule has 5 heteroatoms. The van der Waals surface area contributed by atoms with E-state index in [9.17, 15) is 0 Å². The minimum absolute atomic E-state index is 0.699. The third-order valence-corrected chi connectivity index (χ3v) is 1.27. The van der Waals surface area contributed by atoms with E-state index in [1.165, 1.54) is 11.2 Å². The lowest BCUT2D eigenvalue weighted by Crippen LogP contribution is -2.05. The van der Waals surface area contributed by atoms with Gasteiger partial charge in [-0.05, 0) is 22.6 Å². The van der Waals surface area contributed by atoms with Crippen LogP contribution in [0.15, 0.2) is 36.7 Å². The molecule has 0 bridgehead atoms. The van der Waals surface area contributed by atoms with Crippen LogP contribution in [0, 0.1) is 0 Å². The molecule has 2 rings (SSSR count). The molecular weight excluding hydrogens is 156 g/mol. The molecule has 1 aromatic carbocycles. The number of hydrogen-bond donors (Lipinski definition) is 0. The molecule has 0 aliphatic rings. The van der Waals surface area contributed by atoms with Crippen molar-refractivity contribution in [3.8, 4) is 5.75 Å². The fourth-order valence-electron chi connectivity index (χ4n) is 0.784. The molecule has 1 heterocycles. The van der Waals surface area contributed by atoms with Gasteiger partial charge in [0.05, 0.1) is 0 Å². The lowest BCUT2D eigenvalue weighted by Gasteiger charge is -1.99. The van der Waals surface area contributed by atoms with Crippen LogP contribution in [0.1, 0.15) is 0 Å². The molecule has 0 radical (unpaired) electrons. The van der Waals surface area contributed by atoms with Crippen LogP contribution in [0.5, 0.6) is 5.75 Å². The average molecular weight is 162 g/mol. The fourth-order valence-corrected chi connectivity index (χ4v) is 0.784. The second-order valence-corrected chi connectivity index (χ2v) is 2.12. The molecule has 12 heavy (non-hydrogen) atoms. The molecule has 0 atom stereocenters. The van der Waals surface area contributed by atoms with E-state index >= 15 is 0 Å². The summed E-state index contributed by atoms with van der Waals surface area (Å²) in [5.41, 5.74) is 0. The highest BCUT2D eigenvalue weighted by Crippen LogP contribution is 2.07. The first-order valence-electron chi connectivity index (χ1n) is 3.41. The Morgan fingerprint density at radius 3 is 2.67 bits per heavy atom. The minimum atomic E-state index is 0.699. The van der Waals surface area contributed by atoms with Gasteiger partial charge in [-0.2, -0.15) is 0 Å². The van der Waals surface area contributed by atoms with Gasteiger partial charge in [-0.1, -0.05) is 23.0 Å². The molecule has 0 spiro atoms. The van der Waals surface area contributed by atoms with Gasteiger partial charge in [-0.15, -0.1) is 5.10 Å². The fraction of sp³-hybridized carbons (Fsp3) is 0. The van der Waals surface area contributed by atoms with E-state index in [2.05, 4.69) is 15.5 Å². The largest absolute Gasteiger partial charge is 0.355 e. The highest BCUT2D eigenvalue weighted by atomic mass is 16.7. The van der Waals surface area contributed by atoms with E-state index in [1.807, 2.05) is 30.3 Å². The third-order valence-electron chi connectivity index (χ3n) is 1.27. The zero-order valence-corrected chi connectivity index (χ0v) is 6.16. The SMILES string of the molecule is c1ccc(On2cnnn2)cc1. The molecule has 0 N–H and O–H groups in total. The topological polar surface area (TPSA) is 52.8 Å². The number of benzene rings is 1. The Morgan fingerprint density at radius 2 is 2.00 bits per heavy atom. The summed E-state index contributed by atoms with van der Waals surface area (Å²) in [4.78, 5) is 6.39. The molecule has 0 fully saturated rings. The van der Waals surface area contributed by atoms with Crippen LogP contribution in [-0.2, 0) is 0 Å². The van der Waals surface area contributed by atoms with Gasteiger partial charge in [-0.25, -0.2) is 0 Å². The van der Waals surface area contributed by atoms with Gasteiger partial charge in [0.15, 0.2) is 12.1 Å². The summed E-state index contributed by atoms with van der Waals surface area (Å²) >= 11 is 0. The maximum absolute atomic E-state index is 5.20. The molecule has 2 aromatic rings. The number of nitrogens with zero attached hydrogens (tertiary/aromatic N) is 4. The first-order valence-corrected chi connectivity index (χ1v) is 3.41. The molecule has 0 amide bonds. The second kappa shape index (κ2) is 3.00. The van der Waals surface area contributed by atoms with Crippen LogP contribution in [0.4, 0.5) is 0 Å². The zero-order chi connectivity index (χ0) is 8.23. The summed E-state index contributed by atoms with van der Waals surface area (Å²) in [6.07, 6.45) is 1.38. The first-order chi connectivity index (χ1) is 5.95. The molecule has 0 saturated carbocycles. The maximum atomic E-state index is 5.20. The Kier molecular flexibility index (Phi) is 1.69. The molecular formula is C7H6N4O. The van der Waals surface area contributed by atoms with Gasteiger partial charge < -0.3 is 4.84 Å². The number of tetrazole rings is 1. The number of rotatable bonds is 2. The van der Waals surface area contributed by atoms with E-state index in [0.717, 1.165) is 0 Å². The Morgan fingerprint density at radius 1 is 1.17 bits per heavy atom. The van der Waals surface area contributed by atoms with Crippen molar-refractivity contribution < 1.29 is 4.84 Å². The standard InChI is InChI=1S/C7H6N4O/c1-2-4-7(5-3-1)12-11-6-8-9-10-11/h1-6H. The van der Waals surface area contributed by atoms with E-state index in [-0.39, 0.29) is 0 Å². The van der Waals surface area contributed by atoms with Crippen molar-refractivity contribution in [2.75, 3.05) is 0 Å². The van der Waals surface area contributed by atoms with E-state index in [4.69, 9.17) is 4.84 Å². The lowest BCUT2D eigenvalue weighted by atomic mass is 10.3. The van der Waals surface area contributed by atoms with Crippen molar-refractivity contribution >= 4 is 0 Å². The summed E-state index contributed by atoms with van der Waals surface area (Å²) < 4.78 is 0. The Labute approximate surface area is 68.5 Å². The maximum Gasteiger partial charge on any atom is 0.180 e. The van der Waals surface area contributed by atoms with Crippen LogP contribution >= 0.6 is 0 Å². The predicted octanol–water partition coefficient (Wildman–Crippen LogP) is 0.515. The Hall–Kier alpha value is -1.91. The summed E-state index contributed by atoms with van der Waals surface area (Å²) in [5, 5.41) is 10.4. The Bertz CT molecular complexity index is 332. The summed E-state index contributed by atoms with van der Waals surface area (Å²) in [6.45, 7) is 0. The monoisotopic (exact) mass is 162 g/mol. The van der Waals surface area contributed by atoms with Crippen LogP contribution in [0.3, 0.4) is 0 Å². The highest BCUT2D eigenvalue weighted by molar-refractivity contribution is 5.20. The van der Waals surface area contributed by atoms with Gasteiger partial charge in [0.2, 0.25) is 0 Å². The van der Waals surface area contributed by atoms with Gasteiger partial charge in [0.1, 0.15) is 0 Å². The predicted molar refractivity (Wildman–Crippen MR) is 40.3 cm³/mol. The average Bonchev–Trinajstić information content (AvgIpc) is 2.59. The van der Waals surface area contributed by atoms with Gasteiger partial charge in [-0.3, -0.25) is 0 Å². The van der Waals surface area contributed by atoms with Crippen molar-refractivity contribution in [3.05, 3.63) is 36.7 Å². The minimum Gasteiger partial charge on any atom is -0.355 e. The molecule has 0 aliphatic heterocycles. The van der Waals surface area contributed by atoms with Crippen molar-refractivity contribution in [1.82, 2.24) is 20.4 Å². The number of para-hydroxylation sites is 1. The molecule has 0 aliphatic carbocycles. The van der Waals surface area contributed by atoms with Crippen molar-refractivity contribution in [2.24, 2.45) is 0 Å². The van der Waals surface area contributed by atoms with Crippen LogP contribution < -0.4 is 4.84 Å². The van der Waals surface area contributed by atoms with E-state index in [0.29, 0.717) is 5.75 Å².